The van der Waals surface area contributed by atoms with Gasteiger partial charge in [-0.05, 0) is 24.5 Å². The Kier molecular flexibility index (Phi) is 3.47. The van der Waals surface area contributed by atoms with E-state index < -0.39 is 8.80 Å². The molecule has 0 fully saturated rings. The summed E-state index contributed by atoms with van der Waals surface area (Å²) in [7, 11) is -0.655. The van der Waals surface area contributed by atoms with Crippen molar-refractivity contribution >= 4 is 8.80 Å². The molecule has 0 N–H and O–H groups in total. The molecule has 0 aliphatic carbocycles. The second-order valence-corrected chi connectivity index (χ2v) is 8.28. The maximum absolute atomic E-state index is 6.14. The Bertz CT molecular complexity index is 320. The smallest absolute Gasteiger partial charge is 0.122 e. The van der Waals surface area contributed by atoms with Gasteiger partial charge in [-0.15, -0.1) is 0 Å². The molecule has 1 unspecified atom stereocenters. The summed E-state index contributed by atoms with van der Waals surface area (Å²) in [5, 5.41) is 0. The van der Waals surface area contributed by atoms with Crippen LogP contribution in [0.1, 0.15) is 25.8 Å². The quantitative estimate of drug-likeness (QED) is 0.711. The highest BCUT2D eigenvalue weighted by Crippen LogP contribution is 2.29. The van der Waals surface area contributed by atoms with Gasteiger partial charge in [0.05, 0.1) is 14.5 Å². The van der Waals surface area contributed by atoms with Gasteiger partial charge < -0.3 is 4.74 Å². The minimum Gasteiger partial charge on any atom is -0.494 e. The molecule has 82 valence electrons. The minimum absolute atomic E-state index is 0.579. The predicted molar refractivity (Wildman–Crippen MR) is 67.3 cm³/mol. The fourth-order valence-electron chi connectivity index (χ4n) is 2.49. The van der Waals surface area contributed by atoms with Crippen LogP contribution in [-0.2, 0) is 6.42 Å². The van der Waals surface area contributed by atoms with E-state index in [1.54, 1.807) is 0 Å². The Balaban J connectivity index is 2.11. The van der Waals surface area contributed by atoms with Crippen LogP contribution >= 0.6 is 0 Å². The van der Waals surface area contributed by atoms with Gasteiger partial charge in [-0.1, -0.05) is 44.1 Å². The highest BCUT2D eigenvalue weighted by Gasteiger charge is 2.26. The Morgan fingerprint density at radius 2 is 2.00 bits per heavy atom. The van der Waals surface area contributed by atoms with Crippen LogP contribution in [0.15, 0.2) is 24.3 Å². The summed E-state index contributed by atoms with van der Waals surface area (Å²) in [6.45, 7) is 4.65. The maximum atomic E-state index is 6.14. The molecule has 1 aliphatic heterocycles. The van der Waals surface area contributed by atoms with Gasteiger partial charge in [-0.3, -0.25) is 0 Å². The SMILES string of the molecule is CC[SiH](CC)C1CCc2ccccc2O1. The van der Waals surface area contributed by atoms with Crippen LogP contribution in [0.2, 0.25) is 12.1 Å². The largest absolute Gasteiger partial charge is 0.494 e. The zero-order valence-electron chi connectivity index (χ0n) is 9.70. The summed E-state index contributed by atoms with van der Waals surface area (Å²) >= 11 is 0. The normalized spacial score (nSPS) is 19.8. The molecular formula is C13H20OSi. The second-order valence-electron chi connectivity index (χ2n) is 4.38. The first-order valence-electron chi connectivity index (χ1n) is 6.09. The Hall–Kier alpha value is -0.763. The average Bonchev–Trinajstić information content (AvgIpc) is 2.30. The summed E-state index contributed by atoms with van der Waals surface area (Å²) in [5.74, 6) is 1.15. The van der Waals surface area contributed by atoms with Crippen molar-refractivity contribution < 1.29 is 4.74 Å². The first-order valence-corrected chi connectivity index (χ1v) is 8.39. The van der Waals surface area contributed by atoms with Crippen LogP contribution in [0, 0.1) is 0 Å². The van der Waals surface area contributed by atoms with Crippen molar-refractivity contribution in [2.45, 2.75) is 44.5 Å². The molecule has 0 spiro atoms. The highest BCUT2D eigenvalue weighted by molar-refractivity contribution is 6.60. The molecule has 1 aliphatic rings. The summed E-state index contributed by atoms with van der Waals surface area (Å²) in [6, 6.07) is 11.2. The molecule has 0 saturated carbocycles. The molecule has 2 rings (SSSR count). The number of aryl methyl sites for hydroxylation is 1. The molecule has 1 aromatic carbocycles. The van der Waals surface area contributed by atoms with E-state index in [0.29, 0.717) is 5.73 Å². The summed E-state index contributed by atoms with van der Waals surface area (Å²) in [6.07, 6.45) is 2.46. The standard InChI is InChI=1S/C13H20OSi/c1-3-15(4-2)13-10-9-11-7-5-6-8-12(11)14-13/h5-8,13,15H,3-4,9-10H2,1-2H3. The summed E-state index contributed by atoms with van der Waals surface area (Å²) < 4.78 is 6.14. The molecule has 0 bridgehead atoms. The van der Waals surface area contributed by atoms with E-state index in [1.807, 2.05) is 0 Å². The van der Waals surface area contributed by atoms with Gasteiger partial charge in [0.15, 0.2) is 0 Å². The lowest BCUT2D eigenvalue weighted by Crippen LogP contribution is -2.37. The van der Waals surface area contributed by atoms with Crippen molar-refractivity contribution in [3.63, 3.8) is 0 Å². The third-order valence-corrected chi connectivity index (χ3v) is 7.14. The number of fused-ring (bicyclic) bond motifs is 1. The minimum atomic E-state index is -0.655. The van der Waals surface area contributed by atoms with E-state index in [0.717, 1.165) is 5.75 Å². The number of para-hydroxylation sites is 1. The lowest BCUT2D eigenvalue weighted by molar-refractivity contribution is 0.240. The van der Waals surface area contributed by atoms with Gasteiger partial charge in [0.25, 0.3) is 0 Å². The number of hydrogen-bond donors (Lipinski definition) is 0. The highest BCUT2D eigenvalue weighted by atomic mass is 28.3. The van der Waals surface area contributed by atoms with E-state index in [-0.39, 0.29) is 0 Å². The zero-order valence-corrected chi connectivity index (χ0v) is 10.9. The van der Waals surface area contributed by atoms with Gasteiger partial charge in [0, 0.05) is 0 Å². The van der Waals surface area contributed by atoms with E-state index >= 15 is 0 Å². The third kappa shape index (κ3) is 2.25. The number of hydrogen-bond acceptors (Lipinski definition) is 1. The third-order valence-electron chi connectivity index (χ3n) is 3.52. The topological polar surface area (TPSA) is 9.23 Å². The van der Waals surface area contributed by atoms with Crippen molar-refractivity contribution in [2.75, 3.05) is 0 Å². The van der Waals surface area contributed by atoms with Gasteiger partial charge in [-0.2, -0.15) is 0 Å². The van der Waals surface area contributed by atoms with Crippen LogP contribution in [-0.4, -0.2) is 14.5 Å². The number of ether oxygens (including phenoxy) is 1. The molecule has 1 nitrogen and oxygen atoms in total. The first-order chi connectivity index (χ1) is 7.35. The molecular weight excluding hydrogens is 200 g/mol. The Labute approximate surface area is 94.1 Å². The molecule has 1 heterocycles. The first kappa shape index (κ1) is 10.7. The van der Waals surface area contributed by atoms with E-state index in [4.69, 9.17) is 4.74 Å². The van der Waals surface area contributed by atoms with Crippen molar-refractivity contribution in [1.82, 2.24) is 0 Å². The molecule has 15 heavy (non-hydrogen) atoms. The fraction of sp³-hybridized carbons (Fsp3) is 0.538. The van der Waals surface area contributed by atoms with E-state index in [1.165, 1.54) is 30.5 Å². The van der Waals surface area contributed by atoms with Gasteiger partial charge in [0.2, 0.25) is 0 Å². The lowest BCUT2D eigenvalue weighted by atomic mass is 10.1. The van der Waals surface area contributed by atoms with E-state index in [9.17, 15) is 0 Å². The molecule has 1 aromatic rings. The van der Waals surface area contributed by atoms with Crippen molar-refractivity contribution in [1.29, 1.82) is 0 Å². The molecule has 0 aromatic heterocycles. The Morgan fingerprint density at radius 1 is 1.27 bits per heavy atom. The van der Waals surface area contributed by atoms with Gasteiger partial charge in [-0.25, -0.2) is 0 Å². The monoisotopic (exact) mass is 220 g/mol. The molecule has 1 atom stereocenters. The van der Waals surface area contributed by atoms with Crippen LogP contribution in [0.3, 0.4) is 0 Å². The van der Waals surface area contributed by atoms with Gasteiger partial charge >= 0.3 is 0 Å². The Morgan fingerprint density at radius 3 is 2.73 bits per heavy atom. The molecule has 0 radical (unpaired) electrons. The van der Waals surface area contributed by atoms with Crippen LogP contribution in [0.4, 0.5) is 0 Å². The number of rotatable bonds is 3. The molecule has 2 heteroatoms. The predicted octanol–water partition coefficient (Wildman–Crippen LogP) is 3.19. The fourth-order valence-corrected chi connectivity index (χ4v) is 5.10. The average molecular weight is 220 g/mol. The van der Waals surface area contributed by atoms with Crippen molar-refractivity contribution in [3.05, 3.63) is 29.8 Å². The molecule has 0 saturated heterocycles. The second kappa shape index (κ2) is 4.84. The van der Waals surface area contributed by atoms with Crippen molar-refractivity contribution in [2.24, 2.45) is 0 Å². The summed E-state index contributed by atoms with van der Waals surface area (Å²) in [5.41, 5.74) is 1.98. The number of benzene rings is 1. The van der Waals surface area contributed by atoms with E-state index in [2.05, 4.69) is 38.1 Å². The van der Waals surface area contributed by atoms with Crippen LogP contribution in [0.25, 0.3) is 0 Å². The lowest BCUT2D eigenvalue weighted by Gasteiger charge is -2.30. The maximum Gasteiger partial charge on any atom is 0.122 e. The van der Waals surface area contributed by atoms with Crippen LogP contribution < -0.4 is 4.74 Å². The zero-order chi connectivity index (χ0) is 10.7. The summed E-state index contributed by atoms with van der Waals surface area (Å²) in [4.78, 5) is 0. The molecule has 0 amide bonds. The van der Waals surface area contributed by atoms with Crippen LogP contribution in [0.5, 0.6) is 5.75 Å². The van der Waals surface area contributed by atoms with Gasteiger partial charge in [0.1, 0.15) is 5.75 Å². The van der Waals surface area contributed by atoms with Crippen molar-refractivity contribution in [3.8, 4) is 5.75 Å².